The van der Waals surface area contributed by atoms with Gasteiger partial charge in [0.15, 0.2) is 5.65 Å². The first kappa shape index (κ1) is 26.7. The number of benzene rings is 1. The third-order valence-corrected chi connectivity index (χ3v) is 9.10. The van der Waals surface area contributed by atoms with Gasteiger partial charge in [-0.2, -0.15) is 4.31 Å². The number of nitrogens with one attached hydrogen (secondary N) is 1. The van der Waals surface area contributed by atoms with Crippen molar-refractivity contribution in [1.82, 2.24) is 33.4 Å². The number of hydrogen-bond donors (Lipinski definition) is 1. The van der Waals surface area contributed by atoms with Crippen molar-refractivity contribution in [2.45, 2.75) is 44.6 Å². The van der Waals surface area contributed by atoms with Crippen LogP contribution in [0.15, 0.2) is 34.2 Å². The maximum absolute atomic E-state index is 13.7. The molecule has 0 saturated carbocycles. The van der Waals surface area contributed by atoms with Crippen LogP contribution in [-0.4, -0.2) is 81.6 Å². The number of ether oxygens (including phenoxy) is 1. The molecule has 0 amide bonds. The first-order valence-electron chi connectivity index (χ1n) is 12.9. The molecule has 0 unspecified atom stereocenters. The van der Waals surface area contributed by atoms with Gasteiger partial charge < -0.3 is 14.6 Å². The van der Waals surface area contributed by atoms with Crippen molar-refractivity contribution in [2.75, 3.05) is 39.8 Å². The summed E-state index contributed by atoms with van der Waals surface area (Å²) in [6.45, 7) is 7.25. The number of H-pyrrole nitrogens is 1. The van der Waals surface area contributed by atoms with Gasteiger partial charge in [-0.25, -0.2) is 17.6 Å². The van der Waals surface area contributed by atoms with E-state index in [9.17, 15) is 13.2 Å². The summed E-state index contributed by atoms with van der Waals surface area (Å²) in [6, 6.07) is 4.86. The first-order chi connectivity index (χ1) is 18.3. The van der Waals surface area contributed by atoms with Crippen molar-refractivity contribution < 1.29 is 13.2 Å². The number of nitrogens with zero attached hydrogens (tertiary/aromatic N) is 6. The molecule has 1 aromatic carbocycles. The van der Waals surface area contributed by atoms with Crippen LogP contribution in [0.5, 0.6) is 5.75 Å². The summed E-state index contributed by atoms with van der Waals surface area (Å²) < 4.78 is 37.9. The minimum atomic E-state index is -3.76. The Balaban J connectivity index is 1.71. The van der Waals surface area contributed by atoms with Crippen molar-refractivity contribution in [2.24, 2.45) is 0 Å². The molecule has 11 nitrogen and oxygen atoms in total. The highest BCUT2D eigenvalue weighted by Crippen LogP contribution is 2.40. The van der Waals surface area contributed by atoms with Crippen LogP contribution < -0.4 is 10.4 Å². The number of rotatable bonds is 8. The first-order valence-corrected chi connectivity index (χ1v) is 14.7. The average Bonchev–Trinajstić information content (AvgIpc) is 3.45. The Labute approximate surface area is 226 Å². The fourth-order valence-corrected chi connectivity index (χ4v) is 6.73. The summed E-state index contributed by atoms with van der Waals surface area (Å²) >= 11 is 6.96. The zero-order valence-corrected chi connectivity index (χ0v) is 23.3. The largest absolute Gasteiger partial charge is 0.493 e. The van der Waals surface area contributed by atoms with Gasteiger partial charge in [0.25, 0.3) is 0 Å². The third-order valence-electron chi connectivity index (χ3n) is 6.84. The summed E-state index contributed by atoms with van der Waals surface area (Å²) in [5, 5.41) is 8.35. The Hall–Kier alpha value is -2.93. The van der Waals surface area contributed by atoms with Gasteiger partial charge in [0.2, 0.25) is 10.0 Å². The lowest BCUT2D eigenvalue weighted by Crippen LogP contribution is -2.34. The number of sulfonamides is 1. The maximum Gasteiger partial charge on any atom is 0.335 e. The van der Waals surface area contributed by atoms with E-state index in [-0.39, 0.29) is 10.6 Å². The number of aromatic nitrogens is 5. The van der Waals surface area contributed by atoms with E-state index in [1.165, 1.54) is 15.0 Å². The summed E-state index contributed by atoms with van der Waals surface area (Å²) in [7, 11) is -1.76. The van der Waals surface area contributed by atoms with E-state index >= 15 is 0 Å². The minimum absolute atomic E-state index is 0.161. The van der Waals surface area contributed by atoms with E-state index < -0.39 is 10.0 Å². The molecule has 1 saturated heterocycles. The monoisotopic (exact) mass is 561 g/mol. The lowest BCUT2D eigenvalue weighted by atomic mass is 10.1. The zero-order chi connectivity index (χ0) is 27.0. The van der Waals surface area contributed by atoms with Gasteiger partial charge in [0.05, 0.1) is 27.7 Å². The van der Waals surface area contributed by atoms with E-state index in [4.69, 9.17) is 16.3 Å². The second-order valence-corrected chi connectivity index (χ2v) is 11.9. The molecule has 0 bridgehead atoms. The van der Waals surface area contributed by atoms with Gasteiger partial charge in [0.1, 0.15) is 17.6 Å². The quantitative estimate of drug-likeness (QED) is 0.351. The summed E-state index contributed by atoms with van der Waals surface area (Å²) in [4.78, 5) is 18.8. The molecule has 5 rings (SSSR count). The SMILES string of the molecule is CCCOc1ccc(S(=O)(=O)N2CCCN(C)CC2)cc1-c1[nH]c2c(c1Cl)n(CCC)c(=O)n1cnnc21. The molecular weight excluding hydrogens is 530 g/mol. The number of likely N-dealkylation sites (N-methyl/N-ethyl adjacent to an activating group) is 1. The summed E-state index contributed by atoms with van der Waals surface area (Å²) in [5.74, 6) is 0.497. The highest BCUT2D eigenvalue weighted by atomic mass is 35.5. The summed E-state index contributed by atoms with van der Waals surface area (Å²) in [6.07, 6.45) is 3.62. The van der Waals surface area contributed by atoms with Gasteiger partial charge in [-0.3, -0.25) is 4.57 Å². The molecule has 0 radical (unpaired) electrons. The molecule has 4 heterocycles. The van der Waals surface area contributed by atoms with E-state index in [1.807, 2.05) is 20.9 Å². The predicted molar refractivity (Wildman–Crippen MR) is 146 cm³/mol. The molecule has 1 aliphatic rings. The second kappa shape index (κ2) is 10.7. The fourth-order valence-electron chi connectivity index (χ4n) is 4.89. The number of hydrogen-bond acceptors (Lipinski definition) is 7. The lowest BCUT2D eigenvalue weighted by Gasteiger charge is -2.21. The van der Waals surface area contributed by atoms with Crippen molar-refractivity contribution >= 4 is 38.3 Å². The zero-order valence-electron chi connectivity index (χ0n) is 21.8. The number of aromatic amines is 1. The van der Waals surface area contributed by atoms with Gasteiger partial charge in [0, 0.05) is 31.7 Å². The van der Waals surface area contributed by atoms with Crippen LogP contribution in [0, 0.1) is 0 Å². The molecule has 3 aromatic heterocycles. The second-order valence-electron chi connectivity index (χ2n) is 9.56. The molecular formula is C25H32ClN7O4S. The lowest BCUT2D eigenvalue weighted by molar-refractivity contribution is 0.318. The van der Waals surface area contributed by atoms with Crippen LogP contribution in [0.2, 0.25) is 5.02 Å². The van der Waals surface area contributed by atoms with Crippen molar-refractivity contribution in [3.8, 4) is 17.0 Å². The Bertz CT molecular complexity index is 1640. The Morgan fingerprint density at radius 1 is 1.13 bits per heavy atom. The maximum atomic E-state index is 13.7. The molecule has 0 atom stereocenters. The molecule has 1 aliphatic heterocycles. The van der Waals surface area contributed by atoms with Crippen LogP contribution in [-0.2, 0) is 16.6 Å². The molecule has 1 fully saturated rings. The van der Waals surface area contributed by atoms with Crippen molar-refractivity contribution in [3.05, 3.63) is 40.0 Å². The standard InChI is InChI=1S/C25H32ClN7O4S/c1-4-9-32-23-20(26)21(28-22(23)24-29-27-16-33(24)25(32)34)18-15-17(7-8-19(18)37-14-5-2)38(35,36)31-11-6-10-30(3)12-13-31/h7-8,15-16,28H,4-6,9-14H2,1-3H3. The van der Waals surface area contributed by atoms with Crippen LogP contribution in [0.25, 0.3) is 27.9 Å². The Morgan fingerprint density at radius 3 is 2.71 bits per heavy atom. The topological polar surface area (TPSA) is 118 Å². The van der Waals surface area contributed by atoms with Gasteiger partial charge in [-0.15, -0.1) is 10.2 Å². The van der Waals surface area contributed by atoms with Crippen LogP contribution in [0.4, 0.5) is 0 Å². The fraction of sp³-hybridized carbons (Fsp3) is 0.480. The Kier molecular flexibility index (Phi) is 7.49. The van der Waals surface area contributed by atoms with Crippen LogP contribution >= 0.6 is 11.6 Å². The normalized spacial score (nSPS) is 15.9. The van der Waals surface area contributed by atoms with Crippen LogP contribution in [0.3, 0.4) is 0 Å². The van der Waals surface area contributed by atoms with E-state index in [0.717, 1.165) is 19.4 Å². The molecule has 204 valence electrons. The average molecular weight is 562 g/mol. The number of aryl methyl sites for hydroxylation is 1. The van der Waals surface area contributed by atoms with E-state index in [2.05, 4.69) is 20.1 Å². The number of fused-ring (bicyclic) bond motifs is 3. The smallest absolute Gasteiger partial charge is 0.335 e. The highest BCUT2D eigenvalue weighted by Gasteiger charge is 2.29. The molecule has 4 aromatic rings. The van der Waals surface area contributed by atoms with Gasteiger partial charge >= 0.3 is 5.69 Å². The van der Waals surface area contributed by atoms with Gasteiger partial charge in [-0.1, -0.05) is 25.4 Å². The van der Waals surface area contributed by atoms with Crippen molar-refractivity contribution in [1.29, 1.82) is 0 Å². The molecule has 38 heavy (non-hydrogen) atoms. The third kappa shape index (κ3) is 4.59. The number of halogens is 1. The molecule has 13 heteroatoms. The molecule has 0 spiro atoms. The highest BCUT2D eigenvalue weighted by molar-refractivity contribution is 7.89. The predicted octanol–water partition coefficient (Wildman–Crippen LogP) is 3.22. The molecule has 0 aliphatic carbocycles. The van der Waals surface area contributed by atoms with E-state index in [1.54, 1.807) is 22.8 Å². The minimum Gasteiger partial charge on any atom is -0.493 e. The van der Waals surface area contributed by atoms with Crippen molar-refractivity contribution in [3.63, 3.8) is 0 Å². The van der Waals surface area contributed by atoms with Gasteiger partial charge in [-0.05, 0) is 51.1 Å². The summed E-state index contributed by atoms with van der Waals surface area (Å²) in [5.41, 5.74) is 2.05. The van der Waals surface area contributed by atoms with E-state index in [0.29, 0.717) is 77.9 Å². The van der Waals surface area contributed by atoms with Crippen LogP contribution in [0.1, 0.15) is 33.1 Å². The molecule has 1 N–H and O–H groups in total. The Morgan fingerprint density at radius 2 is 1.95 bits per heavy atom.